The molecule has 19 heavy (non-hydrogen) atoms. The minimum Gasteiger partial charge on any atom is -0.311 e. The highest BCUT2D eigenvalue weighted by Crippen LogP contribution is 2.31. The number of rotatable bonds is 3. The third-order valence-corrected chi connectivity index (χ3v) is 4.91. The lowest BCUT2D eigenvalue weighted by Crippen LogP contribution is -2.28. The van der Waals surface area contributed by atoms with Gasteiger partial charge in [0.2, 0.25) is 15.9 Å². The van der Waals surface area contributed by atoms with Crippen molar-refractivity contribution < 1.29 is 13.2 Å². The van der Waals surface area contributed by atoms with Gasteiger partial charge in [-0.15, -0.1) is 0 Å². The molecular weight excluding hydrogens is 403 g/mol. The second-order valence-electron chi connectivity index (χ2n) is 4.50. The second-order valence-corrected chi connectivity index (χ2v) is 7.76. The number of benzene rings is 1. The molecule has 1 aliphatic rings. The first-order valence-electron chi connectivity index (χ1n) is 5.52. The number of carbonyl (C=O) groups is 1. The van der Waals surface area contributed by atoms with Crippen LogP contribution in [0.15, 0.2) is 18.2 Å². The molecule has 1 aliphatic heterocycles. The number of nitrogens with zero attached hydrogens (tertiary/aromatic N) is 1. The van der Waals surface area contributed by atoms with Crippen LogP contribution in [0.2, 0.25) is 5.02 Å². The zero-order valence-electron chi connectivity index (χ0n) is 9.84. The van der Waals surface area contributed by atoms with E-state index in [-0.39, 0.29) is 24.0 Å². The fraction of sp³-hybridized carbons (Fsp3) is 0.364. The van der Waals surface area contributed by atoms with Crippen molar-refractivity contribution in [1.29, 1.82) is 0 Å². The molecule has 0 radical (unpaired) electrons. The van der Waals surface area contributed by atoms with Crippen molar-refractivity contribution in [1.82, 2.24) is 0 Å². The SMILES string of the molecule is NS(=O)(=O)CC1CC(=O)N(c2ccc(Cl)cc2I)C1. The summed E-state index contributed by atoms with van der Waals surface area (Å²) in [5, 5.41) is 5.62. The Morgan fingerprint density at radius 1 is 1.47 bits per heavy atom. The van der Waals surface area contributed by atoms with Gasteiger partial charge in [-0.2, -0.15) is 0 Å². The van der Waals surface area contributed by atoms with Crippen LogP contribution in [0, 0.1) is 9.49 Å². The molecule has 1 amide bonds. The number of carbonyl (C=O) groups excluding carboxylic acids is 1. The lowest BCUT2D eigenvalue weighted by atomic mass is 10.1. The minimum absolute atomic E-state index is 0.0890. The summed E-state index contributed by atoms with van der Waals surface area (Å²) in [4.78, 5) is 13.6. The monoisotopic (exact) mass is 414 g/mol. The lowest BCUT2D eigenvalue weighted by molar-refractivity contribution is -0.117. The average Bonchev–Trinajstić information content (AvgIpc) is 2.56. The molecule has 1 aromatic carbocycles. The van der Waals surface area contributed by atoms with E-state index in [4.69, 9.17) is 16.7 Å². The van der Waals surface area contributed by atoms with Crippen LogP contribution in [-0.2, 0) is 14.8 Å². The highest BCUT2D eigenvalue weighted by molar-refractivity contribution is 14.1. The van der Waals surface area contributed by atoms with Crippen LogP contribution in [-0.4, -0.2) is 26.6 Å². The number of nitrogens with two attached hydrogens (primary N) is 1. The highest BCUT2D eigenvalue weighted by atomic mass is 127. The Morgan fingerprint density at radius 2 is 2.16 bits per heavy atom. The number of anilines is 1. The smallest absolute Gasteiger partial charge is 0.227 e. The Balaban J connectivity index is 2.20. The molecule has 0 spiro atoms. The molecule has 0 saturated carbocycles. The van der Waals surface area contributed by atoms with Gasteiger partial charge in [-0.1, -0.05) is 11.6 Å². The Bertz CT molecular complexity index is 620. The van der Waals surface area contributed by atoms with Crippen molar-refractivity contribution in [2.75, 3.05) is 17.2 Å². The fourth-order valence-electron chi connectivity index (χ4n) is 2.15. The summed E-state index contributed by atoms with van der Waals surface area (Å²) in [5.74, 6) is -0.512. The summed E-state index contributed by atoms with van der Waals surface area (Å²) in [5.41, 5.74) is 0.756. The summed E-state index contributed by atoms with van der Waals surface area (Å²) >= 11 is 7.97. The lowest BCUT2D eigenvalue weighted by Gasteiger charge is -2.18. The summed E-state index contributed by atoms with van der Waals surface area (Å²) in [7, 11) is -3.56. The molecule has 2 rings (SSSR count). The molecule has 1 aromatic rings. The molecule has 0 aromatic heterocycles. The first-order chi connectivity index (χ1) is 8.76. The van der Waals surface area contributed by atoms with Crippen LogP contribution >= 0.6 is 34.2 Å². The quantitative estimate of drug-likeness (QED) is 0.763. The van der Waals surface area contributed by atoms with E-state index in [1.165, 1.54) is 0 Å². The molecule has 1 heterocycles. The maximum Gasteiger partial charge on any atom is 0.227 e. The number of hydrogen-bond donors (Lipinski definition) is 1. The largest absolute Gasteiger partial charge is 0.311 e. The van der Waals surface area contributed by atoms with E-state index in [2.05, 4.69) is 22.6 Å². The van der Waals surface area contributed by atoms with Crippen LogP contribution in [0.25, 0.3) is 0 Å². The molecular formula is C11H12ClIN2O3S. The van der Waals surface area contributed by atoms with E-state index < -0.39 is 10.0 Å². The van der Waals surface area contributed by atoms with E-state index >= 15 is 0 Å². The predicted octanol–water partition coefficient (Wildman–Crippen LogP) is 1.59. The molecule has 0 bridgehead atoms. The molecule has 0 aliphatic carbocycles. The van der Waals surface area contributed by atoms with Gasteiger partial charge < -0.3 is 4.90 Å². The van der Waals surface area contributed by atoms with Gasteiger partial charge in [0.05, 0.1) is 11.4 Å². The summed E-state index contributed by atoms with van der Waals surface area (Å²) in [6, 6.07) is 5.23. The molecule has 1 unspecified atom stereocenters. The Labute approximate surface area is 130 Å². The normalized spacial score (nSPS) is 20.1. The number of amides is 1. The molecule has 104 valence electrons. The van der Waals surface area contributed by atoms with Crippen LogP contribution in [0.3, 0.4) is 0 Å². The second kappa shape index (κ2) is 5.55. The number of halogens is 2. The van der Waals surface area contributed by atoms with E-state index in [1.807, 2.05) is 0 Å². The van der Waals surface area contributed by atoms with Crippen LogP contribution in [0.1, 0.15) is 6.42 Å². The van der Waals surface area contributed by atoms with Gasteiger partial charge in [-0.3, -0.25) is 4.79 Å². The van der Waals surface area contributed by atoms with E-state index in [1.54, 1.807) is 23.1 Å². The maximum absolute atomic E-state index is 12.0. The first-order valence-corrected chi connectivity index (χ1v) is 8.69. The van der Waals surface area contributed by atoms with E-state index in [9.17, 15) is 13.2 Å². The molecule has 1 atom stereocenters. The summed E-state index contributed by atoms with van der Waals surface area (Å²) < 4.78 is 23.0. The number of sulfonamides is 1. The standard InChI is InChI=1S/C11H12ClIN2O3S/c12-8-1-2-10(9(13)4-8)15-5-7(3-11(15)16)6-19(14,17)18/h1-2,4,7H,3,5-6H2,(H2,14,17,18). The topological polar surface area (TPSA) is 80.5 Å². The van der Waals surface area contributed by atoms with Crippen LogP contribution in [0.5, 0.6) is 0 Å². The van der Waals surface area contributed by atoms with Crippen molar-refractivity contribution in [3.63, 3.8) is 0 Å². The zero-order chi connectivity index (χ0) is 14.2. The molecule has 2 N–H and O–H groups in total. The Morgan fingerprint density at radius 3 is 2.74 bits per heavy atom. The number of primary sulfonamides is 1. The Hall–Kier alpha value is -0.380. The van der Waals surface area contributed by atoms with E-state index in [0.717, 1.165) is 9.26 Å². The van der Waals surface area contributed by atoms with Gasteiger partial charge in [0.15, 0.2) is 0 Å². The van der Waals surface area contributed by atoms with E-state index in [0.29, 0.717) is 11.6 Å². The highest BCUT2D eigenvalue weighted by Gasteiger charge is 2.33. The van der Waals surface area contributed by atoms with Gasteiger partial charge in [-0.25, -0.2) is 13.6 Å². The van der Waals surface area contributed by atoms with Crippen molar-refractivity contribution in [3.05, 3.63) is 26.8 Å². The fourth-order valence-corrected chi connectivity index (χ4v) is 4.20. The van der Waals surface area contributed by atoms with Crippen LogP contribution < -0.4 is 10.0 Å². The Kier molecular flexibility index (Phi) is 4.38. The molecule has 1 saturated heterocycles. The van der Waals surface area contributed by atoms with Crippen molar-refractivity contribution >= 4 is 55.8 Å². The number of hydrogen-bond acceptors (Lipinski definition) is 3. The van der Waals surface area contributed by atoms with Crippen molar-refractivity contribution in [2.45, 2.75) is 6.42 Å². The van der Waals surface area contributed by atoms with Gasteiger partial charge in [0, 0.05) is 27.5 Å². The predicted molar refractivity (Wildman–Crippen MR) is 82.6 cm³/mol. The van der Waals surface area contributed by atoms with Crippen LogP contribution in [0.4, 0.5) is 5.69 Å². The van der Waals surface area contributed by atoms with Gasteiger partial charge in [0.1, 0.15) is 0 Å². The third-order valence-electron chi connectivity index (χ3n) is 2.87. The zero-order valence-corrected chi connectivity index (χ0v) is 13.6. The molecule has 5 nitrogen and oxygen atoms in total. The first kappa shape index (κ1) is 15.0. The summed E-state index contributed by atoms with van der Waals surface area (Å²) in [6.07, 6.45) is 0.204. The minimum atomic E-state index is -3.56. The summed E-state index contributed by atoms with van der Waals surface area (Å²) in [6.45, 7) is 0.368. The average molecular weight is 415 g/mol. The van der Waals surface area contributed by atoms with Crippen molar-refractivity contribution in [3.8, 4) is 0 Å². The van der Waals surface area contributed by atoms with Gasteiger partial charge in [-0.05, 0) is 40.8 Å². The van der Waals surface area contributed by atoms with Crippen molar-refractivity contribution in [2.24, 2.45) is 11.1 Å². The molecule has 8 heteroatoms. The van der Waals surface area contributed by atoms with Gasteiger partial charge in [0.25, 0.3) is 0 Å². The molecule has 1 fully saturated rings. The third kappa shape index (κ3) is 3.80. The van der Waals surface area contributed by atoms with Gasteiger partial charge >= 0.3 is 0 Å². The maximum atomic E-state index is 12.0.